The summed E-state index contributed by atoms with van der Waals surface area (Å²) in [6.07, 6.45) is 8.41. The van der Waals surface area contributed by atoms with Gasteiger partial charge in [0.05, 0.1) is 0 Å². The Bertz CT molecular complexity index is 198. The van der Waals surface area contributed by atoms with E-state index in [1.165, 1.54) is 6.42 Å². The fourth-order valence-electron chi connectivity index (χ4n) is 1.99. The van der Waals surface area contributed by atoms with E-state index in [-0.39, 0.29) is 0 Å². The first kappa shape index (κ1) is 5.28. The van der Waals surface area contributed by atoms with E-state index >= 15 is 0 Å². The third-order valence-electron chi connectivity index (χ3n) is 2.51. The molecule has 0 heteroatoms. The topological polar surface area (TPSA) is 0 Å². The van der Waals surface area contributed by atoms with Crippen molar-refractivity contribution in [3.05, 3.63) is 23.8 Å². The molecule has 48 valence electrons. The molecule has 0 fully saturated rings. The van der Waals surface area contributed by atoms with Crippen molar-refractivity contribution in [2.45, 2.75) is 20.3 Å². The number of hydrogen-bond donors (Lipinski definition) is 0. The summed E-state index contributed by atoms with van der Waals surface area (Å²) in [6, 6.07) is 0. The van der Waals surface area contributed by atoms with Crippen LogP contribution in [0.5, 0.6) is 0 Å². The Balaban J connectivity index is 2.43. The van der Waals surface area contributed by atoms with E-state index in [1.54, 1.807) is 5.57 Å². The average molecular weight is 120 g/mol. The molecule has 0 radical (unpaired) electrons. The van der Waals surface area contributed by atoms with Gasteiger partial charge in [0.25, 0.3) is 0 Å². The van der Waals surface area contributed by atoms with Crippen LogP contribution in [0, 0.1) is 11.3 Å². The van der Waals surface area contributed by atoms with Crippen molar-refractivity contribution in [2.75, 3.05) is 0 Å². The van der Waals surface area contributed by atoms with Crippen LogP contribution in [0.25, 0.3) is 0 Å². The first-order chi connectivity index (χ1) is 4.20. The zero-order valence-electron chi connectivity index (χ0n) is 6.02. The molecule has 0 N–H and O–H groups in total. The summed E-state index contributed by atoms with van der Waals surface area (Å²) >= 11 is 0. The van der Waals surface area contributed by atoms with Crippen molar-refractivity contribution >= 4 is 0 Å². The molecule has 0 amide bonds. The van der Waals surface area contributed by atoms with Gasteiger partial charge in [0, 0.05) is 5.41 Å². The average Bonchev–Trinajstić information content (AvgIpc) is 2.20. The monoisotopic (exact) mass is 120 g/mol. The lowest BCUT2D eigenvalue weighted by Gasteiger charge is -2.11. The van der Waals surface area contributed by atoms with Crippen molar-refractivity contribution in [2.24, 2.45) is 11.3 Å². The van der Waals surface area contributed by atoms with E-state index in [0.717, 1.165) is 5.92 Å². The minimum atomic E-state index is 0.439. The number of fused-ring (bicyclic) bond motifs is 2. The Morgan fingerprint density at radius 1 is 1.67 bits per heavy atom. The van der Waals surface area contributed by atoms with E-state index in [2.05, 4.69) is 32.1 Å². The van der Waals surface area contributed by atoms with E-state index in [9.17, 15) is 0 Å². The summed E-state index contributed by atoms with van der Waals surface area (Å²) in [5.41, 5.74) is 2.01. The first-order valence-electron chi connectivity index (χ1n) is 3.58. The summed E-state index contributed by atoms with van der Waals surface area (Å²) in [5.74, 6) is 0.787. The number of rotatable bonds is 0. The Kier molecular flexibility index (Phi) is 0.769. The van der Waals surface area contributed by atoms with Gasteiger partial charge in [-0.1, -0.05) is 30.7 Å². The van der Waals surface area contributed by atoms with Crippen LogP contribution in [0.4, 0.5) is 0 Å². The van der Waals surface area contributed by atoms with E-state index < -0.39 is 0 Å². The third kappa shape index (κ3) is 0.592. The largest absolute Gasteiger partial charge is 0.0805 e. The Morgan fingerprint density at radius 2 is 2.44 bits per heavy atom. The molecule has 0 heterocycles. The molecule has 0 spiro atoms. The second-order valence-corrected chi connectivity index (χ2v) is 3.56. The normalized spacial score (nSPS) is 46.0. The molecule has 0 saturated carbocycles. The van der Waals surface area contributed by atoms with Crippen molar-refractivity contribution in [3.63, 3.8) is 0 Å². The summed E-state index contributed by atoms with van der Waals surface area (Å²) in [7, 11) is 0. The third-order valence-corrected chi connectivity index (χ3v) is 2.51. The minimum absolute atomic E-state index is 0.439. The highest BCUT2D eigenvalue weighted by molar-refractivity contribution is 5.33. The Labute approximate surface area is 56.3 Å². The van der Waals surface area contributed by atoms with Crippen molar-refractivity contribution < 1.29 is 0 Å². The van der Waals surface area contributed by atoms with Crippen molar-refractivity contribution in [1.29, 1.82) is 0 Å². The van der Waals surface area contributed by atoms with Gasteiger partial charge in [-0.2, -0.15) is 0 Å². The molecule has 2 bridgehead atoms. The lowest BCUT2D eigenvalue weighted by Crippen LogP contribution is -2.00. The maximum atomic E-state index is 2.40. The van der Waals surface area contributed by atoms with Gasteiger partial charge in [-0.15, -0.1) is 0 Å². The SMILES string of the molecule is CC1=CC2(C)C=CC1C2. The van der Waals surface area contributed by atoms with Gasteiger partial charge in [0.1, 0.15) is 0 Å². The molecule has 2 aliphatic rings. The highest BCUT2D eigenvalue weighted by Crippen LogP contribution is 2.46. The minimum Gasteiger partial charge on any atom is -0.0805 e. The second-order valence-electron chi connectivity index (χ2n) is 3.56. The fraction of sp³-hybridized carbons (Fsp3) is 0.556. The lowest BCUT2D eigenvalue weighted by atomic mass is 9.93. The summed E-state index contributed by atoms with van der Waals surface area (Å²) in [4.78, 5) is 0. The van der Waals surface area contributed by atoms with Crippen LogP contribution in [-0.2, 0) is 0 Å². The Morgan fingerprint density at radius 3 is 2.67 bits per heavy atom. The van der Waals surface area contributed by atoms with Crippen LogP contribution in [-0.4, -0.2) is 0 Å². The molecule has 0 aromatic rings. The summed E-state index contributed by atoms with van der Waals surface area (Å²) < 4.78 is 0. The van der Waals surface area contributed by atoms with Gasteiger partial charge in [-0.05, 0) is 19.3 Å². The standard InChI is InChI=1S/C9H12/c1-7-5-9(2)4-3-8(7)6-9/h3-5,8H,6H2,1-2H3. The van der Waals surface area contributed by atoms with E-state index in [1.807, 2.05) is 0 Å². The molecule has 9 heavy (non-hydrogen) atoms. The molecule has 0 aromatic heterocycles. The zero-order valence-corrected chi connectivity index (χ0v) is 6.02. The molecule has 0 nitrogen and oxygen atoms in total. The summed E-state index contributed by atoms with van der Waals surface area (Å²) in [5, 5.41) is 0. The van der Waals surface area contributed by atoms with E-state index in [0.29, 0.717) is 5.41 Å². The van der Waals surface area contributed by atoms with Crippen LogP contribution in [0.2, 0.25) is 0 Å². The fourth-order valence-corrected chi connectivity index (χ4v) is 1.99. The highest BCUT2D eigenvalue weighted by Gasteiger charge is 2.34. The molecular weight excluding hydrogens is 108 g/mol. The van der Waals surface area contributed by atoms with Crippen molar-refractivity contribution in [3.8, 4) is 0 Å². The van der Waals surface area contributed by atoms with Gasteiger partial charge in [-0.25, -0.2) is 0 Å². The molecule has 2 atom stereocenters. The quantitative estimate of drug-likeness (QED) is 0.431. The maximum absolute atomic E-state index is 2.40. The van der Waals surface area contributed by atoms with Crippen LogP contribution in [0.1, 0.15) is 20.3 Å². The van der Waals surface area contributed by atoms with Gasteiger partial charge < -0.3 is 0 Å². The van der Waals surface area contributed by atoms with Gasteiger partial charge in [0.2, 0.25) is 0 Å². The second kappa shape index (κ2) is 1.31. The molecule has 2 rings (SSSR count). The molecule has 0 aromatic carbocycles. The van der Waals surface area contributed by atoms with E-state index in [4.69, 9.17) is 0 Å². The highest BCUT2D eigenvalue weighted by atomic mass is 14.4. The summed E-state index contributed by atoms with van der Waals surface area (Å²) in [6.45, 7) is 4.54. The predicted octanol–water partition coefficient (Wildman–Crippen LogP) is 2.53. The first-order valence-corrected chi connectivity index (χ1v) is 3.58. The molecule has 2 aliphatic carbocycles. The predicted molar refractivity (Wildman–Crippen MR) is 39.1 cm³/mol. The van der Waals surface area contributed by atoms with Crippen LogP contribution in [0.15, 0.2) is 23.8 Å². The van der Waals surface area contributed by atoms with Gasteiger partial charge in [0.15, 0.2) is 0 Å². The molecule has 0 aliphatic heterocycles. The Hall–Kier alpha value is -0.520. The smallest absolute Gasteiger partial charge is 0.00443 e. The molecular formula is C9H12. The number of hydrogen-bond acceptors (Lipinski definition) is 0. The zero-order chi connectivity index (χ0) is 6.48. The number of allylic oxidation sites excluding steroid dienone is 4. The van der Waals surface area contributed by atoms with Crippen LogP contribution >= 0.6 is 0 Å². The van der Waals surface area contributed by atoms with Crippen LogP contribution < -0.4 is 0 Å². The van der Waals surface area contributed by atoms with Gasteiger partial charge in [-0.3, -0.25) is 0 Å². The molecule has 2 unspecified atom stereocenters. The van der Waals surface area contributed by atoms with Crippen LogP contribution in [0.3, 0.4) is 0 Å². The van der Waals surface area contributed by atoms with Crippen molar-refractivity contribution in [1.82, 2.24) is 0 Å². The maximum Gasteiger partial charge on any atom is 0.00443 e. The lowest BCUT2D eigenvalue weighted by molar-refractivity contribution is 0.534. The molecule has 0 saturated heterocycles. The van der Waals surface area contributed by atoms with Gasteiger partial charge >= 0.3 is 0 Å².